The van der Waals surface area contributed by atoms with E-state index >= 15 is 0 Å². The van der Waals surface area contributed by atoms with Gasteiger partial charge in [0.25, 0.3) is 11.6 Å². The van der Waals surface area contributed by atoms with E-state index in [0.717, 1.165) is 12.1 Å². The number of aryl methyl sites for hydroxylation is 1. The number of nitro benzene ring substituents is 1. The van der Waals surface area contributed by atoms with Crippen molar-refractivity contribution in [3.05, 3.63) is 33.9 Å². The van der Waals surface area contributed by atoms with Gasteiger partial charge in [0.05, 0.1) is 9.82 Å². The maximum atomic E-state index is 12.3. The standard InChI is InChI=1S/C10H13N3O5S2/c1-6-2-3-7(4-8(6)13(15)16)20(17,18)10(12,5-19)9(11)14/h2-4,19H,5,12H2,1H3,(H2,11,14)/t10-/m1/s1. The fraction of sp³-hybridized carbons (Fsp3) is 0.300. The number of carbonyl (C=O) groups is 1. The van der Waals surface area contributed by atoms with Crippen LogP contribution in [0.1, 0.15) is 5.56 Å². The van der Waals surface area contributed by atoms with Gasteiger partial charge in [0.2, 0.25) is 14.7 Å². The Morgan fingerprint density at radius 2 is 2.05 bits per heavy atom. The second-order valence-corrected chi connectivity index (χ2v) is 6.64. The summed E-state index contributed by atoms with van der Waals surface area (Å²) in [4.78, 5) is 18.5. The van der Waals surface area contributed by atoms with Crippen molar-refractivity contribution >= 4 is 34.1 Å². The molecule has 0 radical (unpaired) electrons. The SMILES string of the molecule is Cc1ccc(S(=O)(=O)[C@](N)(CS)C(N)=O)cc1[N+](=O)[O-]. The second kappa shape index (κ2) is 5.38. The lowest BCUT2D eigenvalue weighted by Gasteiger charge is -2.23. The van der Waals surface area contributed by atoms with Crippen LogP contribution < -0.4 is 11.5 Å². The van der Waals surface area contributed by atoms with E-state index in [4.69, 9.17) is 11.5 Å². The van der Waals surface area contributed by atoms with Gasteiger partial charge in [-0.3, -0.25) is 14.9 Å². The molecule has 0 heterocycles. The molecule has 0 unspecified atom stereocenters. The van der Waals surface area contributed by atoms with Gasteiger partial charge >= 0.3 is 0 Å². The zero-order valence-corrected chi connectivity index (χ0v) is 12.1. The van der Waals surface area contributed by atoms with Crippen LogP contribution in [0.4, 0.5) is 5.69 Å². The van der Waals surface area contributed by atoms with Crippen LogP contribution in [0, 0.1) is 17.0 Å². The number of sulfone groups is 1. The van der Waals surface area contributed by atoms with Gasteiger partial charge in [0.15, 0.2) is 0 Å². The summed E-state index contributed by atoms with van der Waals surface area (Å²) in [5.41, 5.74) is 10.4. The average molecular weight is 319 g/mol. The van der Waals surface area contributed by atoms with E-state index in [0.29, 0.717) is 0 Å². The van der Waals surface area contributed by atoms with Crippen molar-refractivity contribution in [2.24, 2.45) is 11.5 Å². The highest BCUT2D eigenvalue weighted by molar-refractivity contribution is 7.94. The molecule has 1 rings (SSSR count). The van der Waals surface area contributed by atoms with Crippen LogP contribution in [0.25, 0.3) is 0 Å². The minimum Gasteiger partial charge on any atom is -0.367 e. The molecular weight excluding hydrogens is 306 g/mol. The van der Waals surface area contributed by atoms with Gasteiger partial charge in [-0.15, -0.1) is 0 Å². The lowest BCUT2D eigenvalue weighted by Crippen LogP contribution is -2.59. The first-order valence-electron chi connectivity index (χ1n) is 5.27. The first-order chi connectivity index (χ1) is 9.07. The average Bonchev–Trinajstić information content (AvgIpc) is 2.37. The highest BCUT2D eigenvalue weighted by atomic mass is 32.2. The third-order valence-electron chi connectivity index (χ3n) is 2.82. The number of primary amides is 1. The number of nitrogens with zero attached hydrogens (tertiary/aromatic N) is 1. The quantitative estimate of drug-likeness (QED) is 0.387. The molecule has 0 aliphatic heterocycles. The molecule has 0 aliphatic carbocycles. The number of hydrogen-bond donors (Lipinski definition) is 3. The summed E-state index contributed by atoms with van der Waals surface area (Å²) >= 11 is 3.73. The Labute approximate surface area is 120 Å². The number of amides is 1. The van der Waals surface area contributed by atoms with Gasteiger partial charge in [-0.25, -0.2) is 8.42 Å². The molecule has 4 N–H and O–H groups in total. The van der Waals surface area contributed by atoms with Gasteiger partial charge in [-0.2, -0.15) is 12.6 Å². The summed E-state index contributed by atoms with van der Waals surface area (Å²) in [5.74, 6) is -1.83. The van der Waals surface area contributed by atoms with E-state index in [1.807, 2.05) is 0 Å². The van der Waals surface area contributed by atoms with Gasteiger partial charge in [0, 0.05) is 17.4 Å². The molecule has 10 heteroatoms. The minimum atomic E-state index is -4.40. The summed E-state index contributed by atoms with van der Waals surface area (Å²) < 4.78 is 24.6. The fourth-order valence-electron chi connectivity index (χ4n) is 1.46. The van der Waals surface area contributed by atoms with Crippen molar-refractivity contribution in [1.29, 1.82) is 0 Å². The smallest absolute Gasteiger partial charge is 0.273 e. The Bertz CT molecular complexity index is 673. The number of carbonyl (C=O) groups excluding carboxylic acids is 1. The zero-order valence-electron chi connectivity index (χ0n) is 10.4. The molecule has 0 saturated heterocycles. The normalized spacial score (nSPS) is 14.6. The van der Waals surface area contributed by atoms with Crippen LogP contribution in [0.15, 0.2) is 23.1 Å². The fourth-order valence-corrected chi connectivity index (χ4v) is 3.49. The van der Waals surface area contributed by atoms with Crippen molar-refractivity contribution in [3.63, 3.8) is 0 Å². The lowest BCUT2D eigenvalue weighted by atomic mass is 10.2. The molecule has 1 amide bonds. The molecule has 0 bridgehead atoms. The van der Waals surface area contributed by atoms with Gasteiger partial charge in [-0.05, 0) is 13.0 Å². The Kier molecular flexibility index (Phi) is 4.42. The summed E-state index contributed by atoms with van der Waals surface area (Å²) in [7, 11) is -4.40. The Balaban J connectivity index is 3.55. The molecule has 8 nitrogen and oxygen atoms in total. The Hall–Kier alpha value is -1.65. The van der Waals surface area contributed by atoms with Crippen LogP contribution in [0.3, 0.4) is 0 Å². The number of nitrogens with two attached hydrogens (primary N) is 2. The Morgan fingerprint density at radius 3 is 2.45 bits per heavy atom. The van der Waals surface area contributed by atoms with E-state index < -0.39 is 41.9 Å². The molecule has 0 saturated carbocycles. The zero-order chi connectivity index (χ0) is 15.7. The van der Waals surface area contributed by atoms with Crippen LogP contribution >= 0.6 is 12.6 Å². The van der Waals surface area contributed by atoms with Crippen molar-refractivity contribution in [2.45, 2.75) is 16.7 Å². The number of rotatable bonds is 5. The molecule has 1 aromatic rings. The van der Waals surface area contributed by atoms with E-state index in [1.165, 1.54) is 13.0 Å². The molecule has 110 valence electrons. The molecule has 0 fully saturated rings. The topological polar surface area (TPSA) is 146 Å². The van der Waals surface area contributed by atoms with Crippen LogP contribution in [-0.2, 0) is 14.6 Å². The minimum absolute atomic E-state index is 0.279. The second-order valence-electron chi connectivity index (χ2n) is 4.12. The Morgan fingerprint density at radius 1 is 1.50 bits per heavy atom. The van der Waals surface area contributed by atoms with E-state index in [-0.39, 0.29) is 5.56 Å². The molecular formula is C10H13N3O5S2. The van der Waals surface area contributed by atoms with Crippen molar-refractivity contribution < 1.29 is 18.1 Å². The van der Waals surface area contributed by atoms with E-state index in [1.54, 1.807) is 0 Å². The van der Waals surface area contributed by atoms with Crippen LogP contribution in [0.5, 0.6) is 0 Å². The number of benzene rings is 1. The van der Waals surface area contributed by atoms with Crippen molar-refractivity contribution in [2.75, 3.05) is 5.75 Å². The molecule has 20 heavy (non-hydrogen) atoms. The predicted molar refractivity (Wildman–Crippen MR) is 75.0 cm³/mol. The molecule has 0 aromatic heterocycles. The van der Waals surface area contributed by atoms with Gasteiger partial charge in [-0.1, -0.05) is 6.07 Å². The van der Waals surface area contributed by atoms with Crippen molar-refractivity contribution in [1.82, 2.24) is 0 Å². The molecule has 0 spiro atoms. The molecule has 0 aliphatic rings. The third-order valence-corrected chi connectivity index (χ3v) is 5.71. The first-order valence-corrected chi connectivity index (χ1v) is 7.39. The van der Waals surface area contributed by atoms with E-state index in [2.05, 4.69) is 12.6 Å². The number of nitro groups is 1. The summed E-state index contributed by atoms with van der Waals surface area (Å²) in [6.07, 6.45) is 0. The maximum absolute atomic E-state index is 12.3. The summed E-state index contributed by atoms with van der Waals surface area (Å²) in [6.45, 7) is 1.46. The number of hydrogen-bond acceptors (Lipinski definition) is 7. The predicted octanol–water partition coefficient (Wildman–Crippen LogP) is -0.253. The summed E-state index contributed by atoms with van der Waals surface area (Å²) in [5, 5.41) is 10.8. The number of thiol groups is 1. The highest BCUT2D eigenvalue weighted by Gasteiger charge is 2.46. The summed E-state index contributed by atoms with van der Waals surface area (Å²) in [6, 6.07) is 3.23. The van der Waals surface area contributed by atoms with Crippen LogP contribution in [-0.4, -0.2) is 29.9 Å². The van der Waals surface area contributed by atoms with Crippen LogP contribution in [0.2, 0.25) is 0 Å². The monoisotopic (exact) mass is 319 g/mol. The van der Waals surface area contributed by atoms with Gasteiger partial charge in [0.1, 0.15) is 0 Å². The first kappa shape index (κ1) is 16.4. The lowest BCUT2D eigenvalue weighted by molar-refractivity contribution is -0.385. The van der Waals surface area contributed by atoms with Gasteiger partial charge < -0.3 is 11.5 Å². The van der Waals surface area contributed by atoms with Crippen molar-refractivity contribution in [3.8, 4) is 0 Å². The molecule has 1 aromatic carbocycles. The third kappa shape index (κ3) is 2.49. The maximum Gasteiger partial charge on any atom is 0.273 e. The largest absolute Gasteiger partial charge is 0.367 e. The molecule has 1 atom stereocenters. The highest BCUT2D eigenvalue weighted by Crippen LogP contribution is 2.28. The van der Waals surface area contributed by atoms with E-state index in [9.17, 15) is 23.3 Å².